The third-order valence-electron chi connectivity index (χ3n) is 5.27. The Morgan fingerprint density at radius 2 is 1.79 bits per heavy atom. The van der Waals surface area contributed by atoms with Crippen molar-refractivity contribution in [3.63, 3.8) is 0 Å². The maximum Gasteiger partial charge on any atom is 0.277 e. The summed E-state index contributed by atoms with van der Waals surface area (Å²) in [5, 5.41) is 14.6. The van der Waals surface area contributed by atoms with Crippen molar-refractivity contribution in [2.45, 2.75) is 38.1 Å². The molecule has 0 aliphatic carbocycles. The largest absolute Gasteiger partial charge is 0.370 e. The molecule has 0 saturated carbocycles. The number of carbonyl (C=O) groups excluding carboxylic acids is 1. The van der Waals surface area contributed by atoms with Crippen molar-refractivity contribution in [2.75, 3.05) is 36.4 Å². The van der Waals surface area contributed by atoms with Crippen molar-refractivity contribution >= 4 is 42.1 Å². The highest BCUT2D eigenvalue weighted by Gasteiger charge is 2.20. The smallest absolute Gasteiger partial charge is 0.277 e. The predicted octanol–water partition coefficient (Wildman–Crippen LogP) is 3.29. The quantitative estimate of drug-likeness (QED) is 0.784. The summed E-state index contributed by atoms with van der Waals surface area (Å²) in [7, 11) is 0. The molecule has 154 valence electrons. The Labute approximate surface area is 178 Å². The van der Waals surface area contributed by atoms with Gasteiger partial charge >= 0.3 is 0 Å². The van der Waals surface area contributed by atoms with E-state index >= 15 is 0 Å². The lowest BCUT2D eigenvalue weighted by molar-refractivity contribution is 0.102. The van der Waals surface area contributed by atoms with Crippen LogP contribution in [0.25, 0.3) is 0 Å². The Balaban J connectivity index is 0.00000140. The molecule has 1 amide bonds. The second-order valence-electron chi connectivity index (χ2n) is 7.08. The minimum Gasteiger partial charge on any atom is -0.370 e. The van der Waals surface area contributed by atoms with E-state index in [1.165, 1.54) is 19.3 Å². The van der Waals surface area contributed by atoms with E-state index in [0.717, 1.165) is 50.4 Å². The topological polar surface area (TPSA) is 75.1 Å². The summed E-state index contributed by atoms with van der Waals surface area (Å²) in [6.07, 6.45) is 7.49. The van der Waals surface area contributed by atoms with Gasteiger partial charge in [-0.1, -0.05) is 17.3 Å². The fourth-order valence-electron chi connectivity index (χ4n) is 3.81. The third-order valence-corrected chi connectivity index (χ3v) is 5.27. The van der Waals surface area contributed by atoms with E-state index in [2.05, 4.69) is 31.9 Å². The number of benzene rings is 1. The molecule has 3 heterocycles. The highest BCUT2D eigenvalue weighted by Crippen LogP contribution is 2.28. The number of para-hydroxylation sites is 2. The molecule has 0 radical (unpaired) electrons. The standard InChI is InChI=1S/C19H26N6O.2ClH/c26-19(17-14-25(23-22-17)15-8-10-20-11-9-15)21-16-6-2-3-7-18(16)24-12-4-1-5-13-24;;/h2-3,6-7,14-15,20H,1,4-5,8-13H2,(H,21,26);2*1H. The van der Waals surface area contributed by atoms with E-state index in [4.69, 9.17) is 0 Å². The molecule has 0 spiro atoms. The van der Waals surface area contributed by atoms with Crippen LogP contribution in [-0.2, 0) is 0 Å². The second kappa shape index (κ2) is 10.6. The van der Waals surface area contributed by atoms with Crippen molar-refractivity contribution in [3.8, 4) is 0 Å². The molecule has 2 saturated heterocycles. The van der Waals surface area contributed by atoms with Crippen LogP contribution in [0, 0.1) is 0 Å². The highest BCUT2D eigenvalue weighted by molar-refractivity contribution is 6.04. The van der Waals surface area contributed by atoms with Crippen LogP contribution in [0.15, 0.2) is 30.5 Å². The number of nitrogens with one attached hydrogen (secondary N) is 2. The fraction of sp³-hybridized carbons (Fsp3) is 0.526. The molecule has 28 heavy (non-hydrogen) atoms. The van der Waals surface area contributed by atoms with Gasteiger partial charge in [0.2, 0.25) is 0 Å². The number of amides is 1. The number of carbonyl (C=O) groups is 1. The lowest BCUT2D eigenvalue weighted by Gasteiger charge is -2.30. The summed E-state index contributed by atoms with van der Waals surface area (Å²) in [5.74, 6) is -0.199. The molecule has 0 unspecified atom stereocenters. The van der Waals surface area contributed by atoms with Crippen molar-refractivity contribution in [3.05, 3.63) is 36.2 Å². The Bertz CT molecular complexity index is 756. The van der Waals surface area contributed by atoms with Gasteiger partial charge in [-0.05, 0) is 57.3 Å². The van der Waals surface area contributed by atoms with E-state index in [9.17, 15) is 4.79 Å². The van der Waals surface area contributed by atoms with E-state index < -0.39 is 0 Å². The molecule has 1 aromatic carbocycles. The zero-order chi connectivity index (χ0) is 17.8. The number of aromatic nitrogens is 3. The lowest BCUT2D eigenvalue weighted by atomic mass is 10.1. The molecule has 2 N–H and O–H groups in total. The van der Waals surface area contributed by atoms with Gasteiger partial charge < -0.3 is 15.5 Å². The third kappa shape index (κ3) is 5.16. The van der Waals surface area contributed by atoms with Crippen LogP contribution in [-0.4, -0.2) is 47.1 Å². The monoisotopic (exact) mass is 426 g/mol. The molecule has 2 aliphatic rings. The molecule has 0 atom stereocenters. The average molecular weight is 427 g/mol. The van der Waals surface area contributed by atoms with Crippen molar-refractivity contribution in [1.29, 1.82) is 0 Å². The van der Waals surface area contributed by atoms with Gasteiger partial charge in [-0.15, -0.1) is 29.9 Å². The number of hydrogen-bond acceptors (Lipinski definition) is 5. The van der Waals surface area contributed by atoms with Crippen LogP contribution >= 0.6 is 24.8 Å². The van der Waals surface area contributed by atoms with Crippen LogP contribution in [0.4, 0.5) is 11.4 Å². The Morgan fingerprint density at radius 1 is 1.07 bits per heavy atom. The SMILES string of the molecule is Cl.Cl.O=C(Nc1ccccc1N1CCCCC1)c1cn(C2CCNCC2)nn1. The molecule has 2 aliphatic heterocycles. The van der Waals surface area contributed by atoms with Gasteiger partial charge in [0, 0.05) is 13.1 Å². The van der Waals surface area contributed by atoms with Gasteiger partial charge in [-0.2, -0.15) is 0 Å². The molecule has 0 bridgehead atoms. The molecular formula is C19H28Cl2N6O. The molecule has 1 aromatic heterocycles. The maximum absolute atomic E-state index is 12.7. The molecular weight excluding hydrogens is 399 g/mol. The van der Waals surface area contributed by atoms with Crippen LogP contribution in [0.3, 0.4) is 0 Å². The maximum atomic E-state index is 12.7. The first kappa shape index (κ1) is 22.5. The Morgan fingerprint density at radius 3 is 2.54 bits per heavy atom. The summed E-state index contributed by atoms with van der Waals surface area (Å²) in [5.41, 5.74) is 2.30. The van der Waals surface area contributed by atoms with Gasteiger partial charge in [0.05, 0.1) is 23.6 Å². The number of nitrogens with zero attached hydrogens (tertiary/aromatic N) is 4. The van der Waals surface area contributed by atoms with Gasteiger partial charge in [0.25, 0.3) is 5.91 Å². The zero-order valence-electron chi connectivity index (χ0n) is 15.8. The van der Waals surface area contributed by atoms with Crippen molar-refractivity contribution in [1.82, 2.24) is 20.3 Å². The van der Waals surface area contributed by atoms with E-state index in [1.54, 1.807) is 6.20 Å². The van der Waals surface area contributed by atoms with Gasteiger partial charge in [-0.3, -0.25) is 4.79 Å². The number of rotatable bonds is 4. The van der Waals surface area contributed by atoms with E-state index in [-0.39, 0.29) is 30.7 Å². The number of anilines is 2. The fourth-order valence-corrected chi connectivity index (χ4v) is 3.81. The minimum atomic E-state index is -0.199. The van der Waals surface area contributed by atoms with Crippen LogP contribution < -0.4 is 15.5 Å². The Kier molecular flexibility index (Phi) is 8.54. The Hall–Kier alpha value is -1.83. The van der Waals surface area contributed by atoms with E-state index in [0.29, 0.717) is 11.7 Å². The van der Waals surface area contributed by atoms with Crippen molar-refractivity contribution in [2.24, 2.45) is 0 Å². The zero-order valence-corrected chi connectivity index (χ0v) is 17.5. The average Bonchev–Trinajstić information content (AvgIpc) is 3.20. The number of hydrogen-bond donors (Lipinski definition) is 2. The molecule has 2 fully saturated rings. The normalized spacial score (nSPS) is 17.4. The summed E-state index contributed by atoms with van der Waals surface area (Å²) >= 11 is 0. The molecule has 7 nitrogen and oxygen atoms in total. The van der Waals surface area contributed by atoms with E-state index in [1.807, 2.05) is 22.9 Å². The van der Waals surface area contributed by atoms with Gasteiger partial charge in [-0.25, -0.2) is 4.68 Å². The van der Waals surface area contributed by atoms with Crippen molar-refractivity contribution < 1.29 is 4.79 Å². The predicted molar refractivity (Wildman–Crippen MR) is 116 cm³/mol. The highest BCUT2D eigenvalue weighted by atomic mass is 35.5. The second-order valence-corrected chi connectivity index (χ2v) is 7.08. The first-order valence-corrected chi connectivity index (χ1v) is 9.59. The number of halogens is 2. The molecule has 9 heteroatoms. The summed E-state index contributed by atoms with van der Waals surface area (Å²) in [6.45, 7) is 4.04. The summed E-state index contributed by atoms with van der Waals surface area (Å²) < 4.78 is 1.84. The molecule has 2 aromatic rings. The first-order valence-electron chi connectivity index (χ1n) is 9.59. The van der Waals surface area contributed by atoms with Gasteiger partial charge in [0.15, 0.2) is 5.69 Å². The summed E-state index contributed by atoms with van der Waals surface area (Å²) in [6, 6.07) is 8.33. The first-order chi connectivity index (χ1) is 12.8. The molecule has 4 rings (SSSR count). The number of piperidine rings is 2. The van der Waals surface area contributed by atoms with Crippen LogP contribution in [0.5, 0.6) is 0 Å². The summed E-state index contributed by atoms with van der Waals surface area (Å²) in [4.78, 5) is 15.0. The minimum absolute atomic E-state index is 0. The van der Waals surface area contributed by atoms with Crippen LogP contribution in [0.2, 0.25) is 0 Å². The lowest BCUT2D eigenvalue weighted by Crippen LogP contribution is -2.30. The van der Waals surface area contributed by atoms with Gasteiger partial charge in [0.1, 0.15) is 0 Å². The van der Waals surface area contributed by atoms with Crippen LogP contribution in [0.1, 0.15) is 48.6 Å².